The second-order valence-corrected chi connectivity index (χ2v) is 9.49. The zero-order chi connectivity index (χ0) is 24.9. The summed E-state index contributed by atoms with van der Waals surface area (Å²) in [4.78, 5) is 26.6. The zero-order valence-corrected chi connectivity index (χ0v) is 21.6. The molecule has 3 unspecified atom stereocenters. The van der Waals surface area contributed by atoms with E-state index < -0.39 is 6.10 Å². The lowest BCUT2D eigenvalue weighted by molar-refractivity contribution is -0.122. The molecule has 0 aliphatic rings. The van der Waals surface area contributed by atoms with Crippen LogP contribution in [0, 0.1) is 0 Å². The van der Waals surface area contributed by atoms with Crippen LogP contribution in [0.15, 0.2) is 25.3 Å². The molecular weight excluding hydrogens is 414 g/mol. The molecule has 0 rings (SSSR count). The molecule has 192 valence electrons. The zero-order valence-electron chi connectivity index (χ0n) is 21.6. The average molecular weight is 466 g/mol. The number of carbonyl (C=O) groups excluding carboxylic acids is 2. The first-order chi connectivity index (χ1) is 15.8. The molecule has 0 aromatic rings. The Hall–Kier alpha value is -1.66. The van der Waals surface area contributed by atoms with E-state index in [1.807, 2.05) is 26.0 Å². The Kier molecular flexibility index (Phi) is 19.9. The summed E-state index contributed by atoms with van der Waals surface area (Å²) in [5.41, 5.74) is 0. The number of rotatable bonds is 22. The number of hydrogen-bond donors (Lipinski definition) is 3. The summed E-state index contributed by atoms with van der Waals surface area (Å²) in [5, 5.41) is 16.0. The van der Waals surface area contributed by atoms with E-state index in [0.717, 1.165) is 64.2 Å². The van der Waals surface area contributed by atoms with Crippen molar-refractivity contribution in [2.75, 3.05) is 19.6 Å². The number of nitrogens with one attached hydrogen (secondary N) is 2. The van der Waals surface area contributed by atoms with E-state index in [4.69, 9.17) is 0 Å². The first kappa shape index (κ1) is 31.3. The number of aliphatic hydroxyl groups excluding tert-OH is 1. The molecule has 3 N–H and O–H groups in total. The van der Waals surface area contributed by atoms with Crippen LogP contribution in [0.25, 0.3) is 0 Å². The van der Waals surface area contributed by atoms with Crippen molar-refractivity contribution in [3.63, 3.8) is 0 Å². The quantitative estimate of drug-likeness (QED) is 0.159. The van der Waals surface area contributed by atoms with E-state index in [1.54, 1.807) is 6.92 Å². The molecule has 0 aliphatic heterocycles. The van der Waals surface area contributed by atoms with Gasteiger partial charge in [-0.1, -0.05) is 37.8 Å². The largest absolute Gasteiger partial charge is 0.392 e. The van der Waals surface area contributed by atoms with Crippen LogP contribution < -0.4 is 10.6 Å². The minimum Gasteiger partial charge on any atom is -0.392 e. The van der Waals surface area contributed by atoms with Gasteiger partial charge in [-0.2, -0.15) is 0 Å². The molecule has 0 fully saturated rings. The average Bonchev–Trinajstić information content (AvgIpc) is 2.72. The molecule has 0 aromatic carbocycles. The van der Waals surface area contributed by atoms with Gasteiger partial charge in [-0.3, -0.25) is 14.5 Å². The van der Waals surface area contributed by atoms with Crippen LogP contribution in [-0.4, -0.2) is 59.6 Å². The summed E-state index contributed by atoms with van der Waals surface area (Å²) in [5.74, 6) is 0.162. The Labute approximate surface area is 203 Å². The number of hydrogen-bond acceptors (Lipinski definition) is 4. The number of allylic oxidation sites excluding steroid dienone is 2. The molecule has 0 radical (unpaired) electrons. The third-order valence-electron chi connectivity index (χ3n) is 5.53. The van der Waals surface area contributed by atoms with Crippen molar-refractivity contribution in [2.24, 2.45) is 0 Å². The van der Waals surface area contributed by atoms with E-state index in [9.17, 15) is 14.7 Å². The van der Waals surface area contributed by atoms with Gasteiger partial charge in [0, 0.05) is 44.6 Å². The summed E-state index contributed by atoms with van der Waals surface area (Å²) in [6, 6.07) is -0.0361. The van der Waals surface area contributed by atoms with E-state index in [-0.39, 0.29) is 23.9 Å². The lowest BCUT2D eigenvalue weighted by atomic mass is 10.1. The van der Waals surface area contributed by atoms with Gasteiger partial charge in [0.05, 0.1) is 6.10 Å². The highest BCUT2D eigenvalue weighted by Crippen LogP contribution is 2.07. The predicted molar refractivity (Wildman–Crippen MR) is 139 cm³/mol. The van der Waals surface area contributed by atoms with E-state index in [2.05, 4.69) is 28.7 Å². The van der Waals surface area contributed by atoms with Crippen LogP contribution in [0.1, 0.15) is 97.8 Å². The van der Waals surface area contributed by atoms with Gasteiger partial charge in [-0.05, 0) is 59.3 Å². The van der Waals surface area contributed by atoms with Gasteiger partial charge in [0.15, 0.2) is 0 Å². The van der Waals surface area contributed by atoms with Crippen molar-refractivity contribution in [3.05, 3.63) is 25.3 Å². The molecule has 0 bridgehead atoms. The standard InChI is InChI=1S/C27H51N3O3/c1-6-8-10-12-14-16-18-26(32)28-23(3)20-30(22-25(5)31)21-24(4)29-27(33)19-17-15-13-11-9-7-2/h6-7,23-25,31H,1-2,8-22H2,3-5H3,(H,28,32)(H,29,33). The van der Waals surface area contributed by atoms with Crippen LogP contribution in [0.2, 0.25) is 0 Å². The molecule has 2 amide bonds. The van der Waals surface area contributed by atoms with Crippen LogP contribution in [0.5, 0.6) is 0 Å². The molecule has 33 heavy (non-hydrogen) atoms. The fourth-order valence-electron chi connectivity index (χ4n) is 4.01. The lowest BCUT2D eigenvalue weighted by Gasteiger charge is -2.30. The Morgan fingerprint density at radius 1 is 0.727 bits per heavy atom. The molecule has 6 nitrogen and oxygen atoms in total. The maximum Gasteiger partial charge on any atom is 0.220 e. The minimum absolute atomic E-state index is 0.0181. The molecule has 0 saturated heterocycles. The second kappa shape index (κ2) is 20.9. The van der Waals surface area contributed by atoms with Crippen molar-refractivity contribution in [3.8, 4) is 0 Å². The van der Waals surface area contributed by atoms with Crippen molar-refractivity contribution in [2.45, 2.75) is 116 Å². The maximum absolute atomic E-state index is 12.2. The molecule has 0 saturated carbocycles. The monoisotopic (exact) mass is 465 g/mol. The van der Waals surface area contributed by atoms with Crippen molar-refractivity contribution >= 4 is 11.8 Å². The van der Waals surface area contributed by atoms with Crippen LogP contribution >= 0.6 is 0 Å². The lowest BCUT2D eigenvalue weighted by Crippen LogP contribution is -2.49. The highest BCUT2D eigenvalue weighted by Gasteiger charge is 2.18. The summed E-state index contributed by atoms with van der Waals surface area (Å²) >= 11 is 0. The summed E-state index contributed by atoms with van der Waals surface area (Å²) < 4.78 is 0. The summed E-state index contributed by atoms with van der Waals surface area (Å²) in [6.45, 7) is 15.0. The number of amides is 2. The van der Waals surface area contributed by atoms with E-state index in [0.29, 0.717) is 32.5 Å². The molecular formula is C27H51N3O3. The fourth-order valence-corrected chi connectivity index (χ4v) is 4.01. The van der Waals surface area contributed by atoms with Gasteiger partial charge < -0.3 is 15.7 Å². The molecule has 3 atom stereocenters. The SMILES string of the molecule is C=CCCCCCCC(=O)NC(C)CN(CC(C)O)CC(C)NC(=O)CCCCCCC=C. The Balaban J connectivity index is 4.27. The van der Waals surface area contributed by atoms with E-state index in [1.165, 1.54) is 0 Å². The number of carbonyl (C=O) groups is 2. The second-order valence-electron chi connectivity index (χ2n) is 9.49. The van der Waals surface area contributed by atoms with Gasteiger partial charge in [0.2, 0.25) is 11.8 Å². The fraction of sp³-hybridized carbons (Fsp3) is 0.778. The Morgan fingerprint density at radius 2 is 1.12 bits per heavy atom. The normalized spacial score (nSPS) is 13.8. The summed E-state index contributed by atoms with van der Waals surface area (Å²) in [6.07, 6.45) is 15.1. The highest BCUT2D eigenvalue weighted by atomic mass is 16.3. The first-order valence-electron chi connectivity index (χ1n) is 13.0. The smallest absolute Gasteiger partial charge is 0.220 e. The van der Waals surface area contributed by atoms with E-state index >= 15 is 0 Å². The third-order valence-corrected chi connectivity index (χ3v) is 5.53. The third kappa shape index (κ3) is 20.7. The maximum atomic E-state index is 12.2. The Bertz CT molecular complexity index is 495. The molecule has 0 aromatic heterocycles. The van der Waals surface area contributed by atoms with Crippen LogP contribution in [-0.2, 0) is 9.59 Å². The van der Waals surface area contributed by atoms with Gasteiger partial charge in [-0.25, -0.2) is 0 Å². The first-order valence-corrected chi connectivity index (χ1v) is 13.0. The number of aliphatic hydroxyl groups is 1. The topological polar surface area (TPSA) is 81.7 Å². The Morgan fingerprint density at radius 3 is 1.48 bits per heavy atom. The van der Waals surface area contributed by atoms with Gasteiger partial charge in [0.25, 0.3) is 0 Å². The van der Waals surface area contributed by atoms with Crippen molar-refractivity contribution in [1.82, 2.24) is 15.5 Å². The highest BCUT2D eigenvalue weighted by molar-refractivity contribution is 5.76. The van der Waals surface area contributed by atoms with Gasteiger partial charge in [0.1, 0.15) is 0 Å². The molecule has 0 heterocycles. The summed E-state index contributed by atoms with van der Waals surface area (Å²) in [7, 11) is 0. The predicted octanol–water partition coefficient (Wildman–Crippen LogP) is 4.73. The molecule has 6 heteroatoms. The molecule has 0 spiro atoms. The van der Waals surface area contributed by atoms with Gasteiger partial charge >= 0.3 is 0 Å². The van der Waals surface area contributed by atoms with Crippen molar-refractivity contribution in [1.29, 1.82) is 0 Å². The minimum atomic E-state index is -0.470. The van der Waals surface area contributed by atoms with Crippen LogP contribution in [0.4, 0.5) is 0 Å². The van der Waals surface area contributed by atoms with Gasteiger partial charge in [-0.15, -0.1) is 13.2 Å². The molecule has 0 aliphatic carbocycles. The van der Waals surface area contributed by atoms with Crippen LogP contribution in [0.3, 0.4) is 0 Å². The van der Waals surface area contributed by atoms with Crippen molar-refractivity contribution < 1.29 is 14.7 Å². The number of unbranched alkanes of at least 4 members (excludes halogenated alkanes) is 8. The number of nitrogens with zero attached hydrogens (tertiary/aromatic N) is 1.